The number of benzene rings is 1. The Kier molecular flexibility index (Phi) is 8.31. The van der Waals surface area contributed by atoms with E-state index in [0.717, 1.165) is 30.9 Å². The zero-order chi connectivity index (χ0) is 17.2. The Bertz CT molecular complexity index is 477. The zero-order valence-corrected chi connectivity index (χ0v) is 15.2. The molecule has 2 rings (SSSR count). The standard InChI is InChI=1S/C21H34N2O/c1-2-3-9-19(22)16-18-10-13-20(14-11-18)23-21(24)15-12-17-7-5-4-6-8-17/h10-11,13-14,17,19H,2-9,12,15-16,22H2,1H3,(H,23,24). The maximum atomic E-state index is 12.1. The molecule has 0 saturated heterocycles. The molecule has 1 aromatic rings. The van der Waals surface area contributed by atoms with Crippen molar-refractivity contribution in [1.82, 2.24) is 0 Å². The van der Waals surface area contributed by atoms with Crippen molar-refractivity contribution in [3.63, 3.8) is 0 Å². The molecule has 1 unspecified atom stereocenters. The lowest BCUT2D eigenvalue weighted by atomic mass is 9.86. The molecule has 134 valence electrons. The fraction of sp³-hybridized carbons (Fsp3) is 0.667. The van der Waals surface area contributed by atoms with Gasteiger partial charge in [0.1, 0.15) is 0 Å². The summed E-state index contributed by atoms with van der Waals surface area (Å²) >= 11 is 0. The van der Waals surface area contributed by atoms with Crippen molar-refractivity contribution in [1.29, 1.82) is 0 Å². The van der Waals surface area contributed by atoms with Crippen molar-refractivity contribution in [3.8, 4) is 0 Å². The van der Waals surface area contributed by atoms with Crippen molar-refractivity contribution >= 4 is 11.6 Å². The topological polar surface area (TPSA) is 55.1 Å². The van der Waals surface area contributed by atoms with E-state index in [4.69, 9.17) is 5.73 Å². The van der Waals surface area contributed by atoms with E-state index in [2.05, 4.69) is 24.4 Å². The number of rotatable bonds is 9. The Balaban J connectivity index is 1.71. The Morgan fingerprint density at radius 1 is 1.21 bits per heavy atom. The lowest BCUT2D eigenvalue weighted by Crippen LogP contribution is -2.22. The molecule has 0 aliphatic heterocycles. The molecule has 3 nitrogen and oxygen atoms in total. The summed E-state index contributed by atoms with van der Waals surface area (Å²) in [5.74, 6) is 0.907. The maximum absolute atomic E-state index is 12.1. The van der Waals surface area contributed by atoms with Gasteiger partial charge in [-0.1, -0.05) is 64.0 Å². The van der Waals surface area contributed by atoms with Gasteiger partial charge in [0.05, 0.1) is 0 Å². The van der Waals surface area contributed by atoms with Crippen molar-refractivity contribution in [2.75, 3.05) is 5.32 Å². The SMILES string of the molecule is CCCCC(N)Cc1ccc(NC(=O)CCC2CCCCC2)cc1. The van der Waals surface area contributed by atoms with Crippen LogP contribution in [-0.2, 0) is 11.2 Å². The molecule has 24 heavy (non-hydrogen) atoms. The molecule has 1 aliphatic rings. The van der Waals surface area contributed by atoms with Gasteiger partial charge in [0, 0.05) is 18.2 Å². The third kappa shape index (κ3) is 7.04. The van der Waals surface area contributed by atoms with Gasteiger partial charge in [-0.25, -0.2) is 0 Å². The number of nitrogens with two attached hydrogens (primary N) is 1. The summed E-state index contributed by atoms with van der Waals surface area (Å²) in [5, 5.41) is 3.03. The van der Waals surface area contributed by atoms with Gasteiger partial charge in [0.15, 0.2) is 0 Å². The van der Waals surface area contributed by atoms with Crippen LogP contribution in [0, 0.1) is 5.92 Å². The van der Waals surface area contributed by atoms with Gasteiger partial charge in [-0.15, -0.1) is 0 Å². The molecule has 1 saturated carbocycles. The van der Waals surface area contributed by atoms with E-state index in [-0.39, 0.29) is 11.9 Å². The first-order valence-corrected chi connectivity index (χ1v) is 9.81. The highest BCUT2D eigenvalue weighted by atomic mass is 16.1. The summed E-state index contributed by atoms with van der Waals surface area (Å²) in [6.07, 6.45) is 12.7. The van der Waals surface area contributed by atoms with Gasteiger partial charge in [-0.3, -0.25) is 4.79 Å². The molecule has 1 aromatic carbocycles. The van der Waals surface area contributed by atoms with E-state index < -0.39 is 0 Å². The van der Waals surface area contributed by atoms with Crippen molar-refractivity contribution in [2.45, 2.75) is 83.6 Å². The second kappa shape index (κ2) is 10.5. The van der Waals surface area contributed by atoms with Crippen LogP contribution in [0.5, 0.6) is 0 Å². The number of carbonyl (C=O) groups excluding carboxylic acids is 1. The van der Waals surface area contributed by atoms with E-state index in [9.17, 15) is 4.79 Å². The van der Waals surface area contributed by atoms with Gasteiger partial charge in [0.25, 0.3) is 0 Å². The minimum absolute atomic E-state index is 0.146. The minimum atomic E-state index is 0.146. The maximum Gasteiger partial charge on any atom is 0.224 e. The highest BCUT2D eigenvalue weighted by Gasteiger charge is 2.14. The first-order chi connectivity index (χ1) is 11.7. The van der Waals surface area contributed by atoms with Crippen LogP contribution in [-0.4, -0.2) is 11.9 Å². The van der Waals surface area contributed by atoms with Crippen LogP contribution in [0.2, 0.25) is 0 Å². The molecule has 0 aromatic heterocycles. The first kappa shape index (κ1) is 19.0. The normalized spacial score (nSPS) is 16.8. The van der Waals surface area contributed by atoms with Crippen LogP contribution in [0.4, 0.5) is 5.69 Å². The largest absolute Gasteiger partial charge is 0.327 e. The molecule has 3 N–H and O–H groups in total. The third-order valence-electron chi connectivity index (χ3n) is 5.17. The van der Waals surface area contributed by atoms with Crippen molar-refractivity contribution in [3.05, 3.63) is 29.8 Å². The summed E-state index contributed by atoms with van der Waals surface area (Å²) in [7, 11) is 0. The van der Waals surface area contributed by atoms with Crippen LogP contribution in [0.1, 0.15) is 76.7 Å². The first-order valence-electron chi connectivity index (χ1n) is 9.81. The van der Waals surface area contributed by atoms with Gasteiger partial charge in [-0.2, -0.15) is 0 Å². The zero-order valence-electron chi connectivity index (χ0n) is 15.2. The van der Waals surface area contributed by atoms with E-state index in [1.54, 1.807) is 0 Å². The molecular weight excluding hydrogens is 296 g/mol. The molecule has 0 bridgehead atoms. The smallest absolute Gasteiger partial charge is 0.224 e. The van der Waals surface area contributed by atoms with Crippen molar-refractivity contribution < 1.29 is 4.79 Å². The van der Waals surface area contributed by atoms with E-state index in [1.165, 1.54) is 50.5 Å². The number of unbranched alkanes of at least 4 members (excludes halogenated alkanes) is 1. The van der Waals surface area contributed by atoms with E-state index in [0.29, 0.717) is 6.42 Å². The summed E-state index contributed by atoms with van der Waals surface area (Å²) in [5.41, 5.74) is 8.30. The van der Waals surface area contributed by atoms with Crippen LogP contribution >= 0.6 is 0 Å². The lowest BCUT2D eigenvalue weighted by molar-refractivity contribution is -0.116. The van der Waals surface area contributed by atoms with Gasteiger partial charge >= 0.3 is 0 Å². The molecule has 1 amide bonds. The molecule has 0 heterocycles. The predicted octanol–water partition coefficient (Wildman–Crippen LogP) is 5.05. The lowest BCUT2D eigenvalue weighted by Gasteiger charge is -2.21. The number of amides is 1. The van der Waals surface area contributed by atoms with Crippen LogP contribution in [0.3, 0.4) is 0 Å². The molecule has 0 radical (unpaired) electrons. The molecule has 1 atom stereocenters. The van der Waals surface area contributed by atoms with Gasteiger partial charge in [-0.05, 0) is 42.9 Å². The fourth-order valence-corrected chi connectivity index (χ4v) is 3.63. The Labute approximate surface area is 147 Å². The van der Waals surface area contributed by atoms with Gasteiger partial charge < -0.3 is 11.1 Å². The number of anilines is 1. The summed E-state index contributed by atoms with van der Waals surface area (Å²) in [6, 6.07) is 8.41. The second-order valence-corrected chi connectivity index (χ2v) is 7.39. The molecule has 1 aliphatic carbocycles. The van der Waals surface area contributed by atoms with Crippen LogP contribution < -0.4 is 11.1 Å². The summed E-state index contributed by atoms with van der Waals surface area (Å²) in [6.45, 7) is 2.19. The van der Waals surface area contributed by atoms with Crippen LogP contribution in [0.25, 0.3) is 0 Å². The molecule has 1 fully saturated rings. The number of nitrogens with one attached hydrogen (secondary N) is 1. The highest BCUT2D eigenvalue weighted by Crippen LogP contribution is 2.27. The summed E-state index contributed by atoms with van der Waals surface area (Å²) < 4.78 is 0. The predicted molar refractivity (Wildman–Crippen MR) is 102 cm³/mol. The average molecular weight is 331 g/mol. The van der Waals surface area contributed by atoms with Crippen molar-refractivity contribution in [2.24, 2.45) is 11.7 Å². The minimum Gasteiger partial charge on any atom is -0.327 e. The monoisotopic (exact) mass is 330 g/mol. The Hall–Kier alpha value is -1.35. The number of carbonyl (C=O) groups is 1. The van der Waals surface area contributed by atoms with Crippen LogP contribution in [0.15, 0.2) is 24.3 Å². The molecular formula is C21H34N2O. The number of hydrogen-bond acceptors (Lipinski definition) is 2. The summed E-state index contributed by atoms with van der Waals surface area (Å²) in [4.78, 5) is 12.1. The van der Waals surface area contributed by atoms with Gasteiger partial charge in [0.2, 0.25) is 5.91 Å². The fourth-order valence-electron chi connectivity index (χ4n) is 3.63. The highest BCUT2D eigenvalue weighted by molar-refractivity contribution is 5.90. The third-order valence-corrected chi connectivity index (χ3v) is 5.17. The second-order valence-electron chi connectivity index (χ2n) is 7.39. The molecule has 0 spiro atoms. The Morgan fingerprint density at radius 2 is 1.92 bits per heavy atom. The van der Waals surface area contributed by atoms with E-state index >= 15 is 0 Å². The quantitative estimate of drug-likeness (QED) is 0.666. The number of hydrogen-bond donors (Lipinski definition) is 2. The van der Waals surface area contributed by atoms with E-state index in [1.807, 2.05) is 12.1 Å². The average Bonchev–Trinajstić information content (AvgIpc) is 2.61. The Morgan fingerprint density at radius 3 is 2.58 bits per heavy atom. The molecule has 3 heteroatoms.